The number of imidazole rings is 1. The largest absolute Gasteiger partial charge is 0.463 e. The highest BCUT2D eigenvalue weighted by molar-refractivity contribution is 6.31. The Labute approximate surface area is 187 Å². The van der Waals surface area contributed by atoms with E-state index in [2.05, 4.69) is 9.97 Å². The Balaban J connectivity index is 1.49. The van der Waals surface area contributed by atoms with Crippen molar-refractivity contribution >= 4 is 39.5 Å². The van der Waals surface area contributed by atoms with Crippen LogP contribution in [0.3, 0.4) is 0 Å². The van der Waals surface area contributed by atoms with Crippen LogP contribution in [0.1, 0.15) is 16.2 Å². The molecule has 0 radical (unpaired) electrons. The van der Waals surface area contributed by atoms with E-state index in [1.807, 2.05) is 24.3 Å². The lowest BCUT2D eigenvalue weighted by molar-refractivity contribution is 0.0460. The summed E-state index contributed by atoms with van der Waals surface area (Å²) in [6, 6.07) is 17.9. The average Bonchev–Trinajstić information content (AvgIpc) is 3.46. The Kier molecular flexibility index (Phi) is 5.34. The minimum absolute atomic E-state index is 0.0577. The fourth-order valence-electron chi connectivity index (χ4n) is 3.71. The van der Waals surface area contributed by atoms with Crippen LogP contribution in [-0.2, 0) is 17.9 Å². The molecule has 7 nitrogen and oxygen atoms in total. The summed E-state index contributed by atoms with van der Waals surface area (Å²) in [6.07, 6.45) is 1.56. The molecule has 8 heteroatoms. The lowest BCUT2D eigenvalue weighted by Crippen LogP contribution is -2.12. The highest BCUT2D eigenvalue weighted by atomic mass is 35.5. The Morgan fingerprint density at radius 1 is 1.06 bits per heavy atom. The summed E-state index contributed by atoms with van der Waals surface area (Å²) >= 11 is 6.12. The highest BCUT2D eigenvalue weighted by Gasteiger charge is 2.18. The molecule has 0 saturated heterocycles. The number of aliphatic hydroxyl groups excluding tert-OH is 1. The molecule has 0 bridgehead atoms. The first-order valence-corrected chi connectivity index (χ1v) is 10.4. The molecular weight excluding hydrogens is 430 g/mol. The third kappa shape index (κ3) is 3.72. The number of para-hydroxylation sites is 1. The van der Waals surface area contributed by atoms with Crippen LogP contribution < -0.4 is 0 Å². The van der Waals surface area contributed by atoms with Crippen LogP contribution in [0.15, 0.2) is 71.3 Å². The van der Waals surface area contributed by atoms with Crippen LogP contribution >= 0.6 is 11.6 Å². The average molecular weight is 448 g/mol. The zero-order chi connectivity index (χ0) is 22.1. The molecule has 0 atom stereocenters. The zero-order valence-electron chi connectivity index (χ0n) is 16.9. The van der Waals surface area contributed by atoms with Crippen LogP contribution in [0.5, 0.6) is 0 Å². The summed E-state index contributed by atoms with van der Waals surface area (Å²) in [5.41, 5.74) is 3.07. The quantitative estimate of drug-likeness (QED) is 0.374. The van der Waals surface area contributed by atoms with Crippen LogP contribution in [0.4, 0.5) is 0 Å². The third-order valence-corrected chi connectivity index (χ3v) is 5.39. The van der Waals surface area contributed by atoms with Crippen molar-refractivity contribution in [1.82, 2.24) is 14.5 Å². The Hall–Kier alpha value is -3.68. The Morgan fingerprint density at radius 3 is 2.75 bits per heavy atom. The molecule has 0 spiro atoms. The van der Waals surface area contributed by atoms with E-state index in [0.717, 1.165) is 5.52 Å². The molecule has 2 aromatic carbocycles. The monoisotopic (exact) mass is 447 g/mol. The van der Waals surface area contributed by atoms with Gasteiger partial charge in [-0.1, -0.05) is 29.8 Å². The summed E-state index contributed by atoms with van der Waals surface area (Å²) in [5.74, 6) is 0.581. The molecule has 5 rings (SSSR count). The molecular formula is C24H18ClN3O4. The van der Waals surface area contributed by atoms with Gasteiger partial charge in [-0.15, -0.1) is 0 Å². The van der Waals surface area contributed by atoms with Gasteiger partial charge in [-0.2, -0.15) is 0 Å². The second-order valence-corrected chi connectivity index (χ2v) is 7.60. The molecule has 3 aromatic heterocycles. The fraction of sp³-hybridized carbons (Fsp3) is 0.125. The summed E-state index contributed by atoms with van der Waals surface area (Å²) in [6.45, 7) is 0.169. The molecule has 5 aromatic rings. The summed E-state index contributed by atoms with van der Waals surface area (Å²) < 4.78 is 12.9. The van der Waals surface area contributed by atoms with Crippen LogP contribution in [0, 0.1) is 0 Å². The number of fused-ring (bicyclic) bond motifs is 2. The second kappa shape index (κ2) is 8.45. The van der Waals surface area contributed by atoms with Crippen molar-refractivity contribution in [2.24, 2.45) is 0 Å². The number of furan rings is 1. The van der Waals surface area contributed by atoms with E-state index in [-0.39, 0.29) is 13.2 Å². The number of halogens is 1. The normalized spacial score (nSPS) is 11.3. The number of hydrogen-bond donors (Lipinski definition) is 1. The maximum Gasteiger partial charge on any atom is 0.339 e. The number of ether oxygens (including phenoxy) is 1. The van der Waals surface area contributed by atoms with Gasteiger partial charge in [-0.05, 0) is 42.5 Å². The van der Waals surface area contributed by atoms with E-state index >= 15 is 0 Å². The number of rotatable bonds is 6. The third-order valence-electron chi connectivity index (χ3n) is 5.16. The molecule has 160 valence electrons. The van der Waals surface area contributed by atoms with E-state index < -0.39 is 5.97 Å². The van der Waals surface area contributed by atoms with Gasteiger partial charge in [0.2, 0.25) is 0 Å². The van der Waals surface area contributed by atoms with Crippen molar-refractivity contribution < 1.29 is 19.1 Å². The predicted molar refractivity (Wildman–Crippen MR) is 120 cm³/mol. The molecule has 0 aliphatic rings. The van der Waals surface area contributed by atoms with E-state index in [4.69, 9.17) is 20.8 Å². The molecule has 0 unspecified atom stereocenters. The number of nitrogens with zero attached hydrogens (tertiary/aromatic N) is 3. The first kappa shape index (κ1) is 20.2. The summed E-state index contributed by atoms with van der Waals surface area (Å²) in [7, 11) is 0. The van der Waals surface area contributed by atoms with E-state index in [9.17, 15) is 9.90 Å². The number of esters is 1. The van der Waals surface area contributed by atoms with Crippen LogP contribution in [0.2, 0.25) is 5.02 Å². The van der Waals surface area contributed by atoms with E-state index in [1.165, 1.54) is 0 Å². The highest BCUT2D eigenvalue weighted by Crippen LogP contribution is 2.26. The lowest BCUT2D eigenvalue weighted by Gasteiger charge is -2.10. The summed E-state index contributed by atoms with van der Waals surface area (Å²) in [5, 5.41) is 10.7. The van der Waals surface area contributed by atoms with Crippen molar-refractivity contribution in [2.75, 3.05) is 6.61 Å². The van der Waals surface area contributed by atoms with Gasteiger partial charge < -0.3 is 18.8 Å². The number of carbonyl (C=O) groups is 1. The first-order chi connectivity index (χ1) is 15.6. The van der Waals surface area contributed by atoms with Crippen LogP contribution in [-0.4, -0.2) is 32.2 Å². The SMILES string of the molecule is O=C(OCc1nc2ccc(Cl)cc2n1CCO)c1cc(-c2ccco2)nc2ccccc12. The van der Waals surface area contributed by atoms with E-state index in [1.54, 1.807) is 47.2 Å². The van der Waals surface area contributed by atoms with Crippen LogP contribution in [0.25, 0.3) is 33.4 Å². The molecule has 3 heterocycles. The number of carbonyl (C=O) groups excluding carboxylic acids is 1. The minimum atomic E-state index is -0.503. The Bertz CT molecular complexity index is 1430. The molecule has 0 fully saturated rings. The number of aromatic nitrogens is 3. The zero-order valence-corrected chi connectivity index (χ0v) is 17.6. The first-order valence-electron chi connectivity index (χ1n) is 10.0. The second-order valence-electron chi connectivity index (χ2n) is 7.16. The summed E-state index contributed by atoms with van der Waals surface area (Å²) in [4.78, 5) is 22.2. The molecule has 0 saturated carbocycles. The van der Waals surface area contributed by atoms with Gasteiger partial charge in [-0.25, -0.2) is 14.8 Å². The van der Waals surface area contributed by atoms with Crippen molar-refractivity contribution in [1.29, 1.82) is 0 Å². The number of hydrogen-bond acceptors (Lipinski definition) is 6. The van der Waals surface area contributed by atoms with Gasteiger partial charge in [0.1, 0.15) is 18.1 Å². The Morgan fingerprint density at radius 2 is 1.94 bits per heavy atom. The van der Waals surface area contributed by atoms with Gasteiger partial charge in [0.05, 0.1) is 35.0 Å². The topological polar surface area (TPSA) is 90.4 Å². The lowest BCUT2D eigenvalue weighted by atomic mass is 10.1. The fourth-order valence-corrected chi connectivity index (χ4v) is 3.87. The molecule has 0 aliphatic carbocycles. The maximum absolute atomic E-state index is 13.1. The van der Waals surface area contributed by atoms with Gasteiger partial charge in [0.25, 0.3) is 0 Å². The van der Waals surface area contributed by atoms with E-state index in [0.29, 0.717) is 50.8 Å². The van der Waals surface area contributed by atoms with Crippen molar-refractivity contribution in [3.8, 4) is 11.5 Å². The maximum atomic E-state index is 13.1. The van der Waals surface area contributed by atoms with Gasteiger partial charge in [-0.3, -0.25) is 0 Å². The predicted octanol–water partition coefficient (Wildman–Crippen LogP) is 4.85. The minimum Gasteiger partial charge on any atom is -0.463 e. The number of benzene rings is 2. The van der Waals surface area contributed by atoms with Crippen molar-refractivity contribution in [3.05, 3.63) is 83.3 Å². The molecule has 1 N–H and O–H groups in total. The smallest absolute Gasteiger partial charge is 0.339 e. The van der Waals surface area contributed by atoms with Gasteiger partial charge >= 0.3 is 5.97 Å². The molecule has 0 aliphatic heterocycles. The van der Waals surface area contributed by atoms with Crippen molar-refractivity contribution in [3.63, 3.8) is 0 Å². The molecule has 0 amide bonds. The number of pyridine rings is 1. The number of aliphatic hydroxyl groups is 1. The molecule has 32 heavy (non-hydrogen) atoms. The van der Waals surface area contributed by atoms with Gasteiger partial charge in [0.15, 0.2) is 5.76 Å². The van der Waals surface area contributed by atoms with Crippen molar-refractivity contribution in [2.45, 2.75) is 13.2 Å². The standard InChI is InChI=1S/C24H18ClN3O4/c25-15-7-8-19-21(12-15)28(9-10-29)23(27-19)14-32-24(30)17-13-20(22-6-3-11-31-22)26-18-5-2-1-4-16(17)18/h1-8,11-13,29H,9-10,14H2. The van der Waals surface area contributed by atoms with Gasteiger partial charge in [0, 0.05) is 17.0 Å².